The fraction of sp³-hybridized carbons (Fsp3) is 0.400. The van der Waals surface area contributed by atoms with Crippen molar-refractivity contribution in [3.05, 3.63) is 64.9 Å². The lowest BCUT2D eigenvalue weighted by molar-refractivity contribution is -0.166. The van der Waals surface area contributed by atoms with E-state index in [9.17, 15) is 18.0 Å². The molecule has 4 rings (SSSR count). The first-order chi connectivity index (χ1) is 16.3. The molecule has 0 spiro atoms. The van der Waals surface area contributed by atoms with Gasteiger partial charge in [0.05, 0.1) is 6.54 Å². The van der Waals surface area contributed by atoms with Crippen LogP contribution in [-0.4, -0.2) is 67.7 Å². The summed E-state index contributed by atoms with van der Waals surface area (Å²) in [7, 11) is 1.69. The Balaban J connectivity index is 1.38. The summed E-state index contributed by atoms with van der Waals surface area (Å²) in [6, 6.07) is 16.3. The molecule has 1 fully saturated rings. The number of amides is 1. The first kappa shape index (κ1) is 24.5. The van der Waals surface area contributed by atoms with E-state index in [-0.39, 0.29) is 31.6 Å². The highest BCUT2D eigenvalue weighted by Gasteiger charge is 2.42. The first-order valence-corrected chi connectivity index (χ1v) is 12.1. The Morgan fingerprint density at radius 1 is 1.21 bits per heavy atom. The van der Waals surface area contributed by atoms with Crippen LogP contribution in [0.2, 0.25) is 0 Å². The van der Waals surface area contributed by atoms with Gasteiger partial charge in [0.25, 0.3) is 0 Å². The summed E-state index contributed by atoms with van der Waals surface area (Å²) in [5.41, 5.74) is 0. The maximum atomic E-state index is 13.0. The third kappa shape index (κ3) is 6.08. The minimum absolute atomic E-state index is 0.0292. The average Bonchev–Trinajstić information content (AvgIpc) is 3.36. The molecule has 2 atom stereocenters. The van der Waals surface area contributed by atoms with Crippen molar-refractivity contribution in [1.29, 1.82) is 0 Å². The van der Waals surface area contributed by atoms with Crippen LogP contribution in [0.1, 0.15) is 17.4 Å². The van der Waals surface area contributed by atoms with Crippen LogP contribution in [0.15, 0.2) is 60.0 Å². The van der Waals surface area contributed by atoms with Crippen molar-refractivity contribution in [1.82, 2.24) is 15.1 Å². The van der Waals surface area contributed by atoms with Gasteiger partial charge in [0, 0.05) is 49.9 Å². The fourth-order valence-electron chi connectivity index (χ4n) is 4.11. The number of nitrogens with one attached hydrogen (secondary N) is 1. The van der Waals surface area contributed by atoms with Gasteiger partial charge in [-0.15, -0.1) is 11.3 Å². The van der Waals surface area contributed by atoms with Crippen LogP contribution < -0.4 is 10.1 Å². The monoisotopic (exact) mass is 491 g/mol. The SMILES string of the molecule is CN(CCC(Oc1cccc2ccccc12)c1cccs1)C(=O)CN1CCNC(C(F)(F)F)C1. The summed E-state index contributed by atoms with van der Waals surface area (Å²) in [5.74, 6) is 0.586. The topological polar surface area (TPSA) is 44.8 Å². The predicted octanol–water partition coefficient (Wildman–Crippen LogP) is 4.71. The van der Waals surface area contributed by atoms with Crippen LogP contribution >= 0.6 is 11.3 Å². The lowest BCUT2D eigenvalue weighted by Crippen LogP contribution is -2.58. The molecule has 9 heteroatoms. The van der Waals surface area contributed by atoms with E-state index in [2.05, 4.69) is 5.32 Å². The van der Waals surface area contributed by atoms with Gasteiger partial charge in [-0.25, -0.2) is 0 Å². The average molecular weight is 492 g/mol. The lowest BCUT2D eigenvalue weighted by atomic mass is 10.1. The molecule has 0 bridgehead atoms. The quantitative estimate of drug-likeness (QED) is 0.496. The maximum Gasteiger partial charge on any atom is 0.405 e. The molecule has 0 saturated carbocycles. The van der Waals surface area contributed by atoms with Crippen molar-refractivity contribution in [2.75, 3.05) is 39.8 Å². The number of rotatable bonds is 8. The standard InChI is InChI=1S/C25H28F3N3O2S/c1-30(24(32)17-31-14-12-29-23(16-31)25(26,27)28)13-11-21(22-10-5-15-34-22)33-20-9-4-7-18-6-2-3-8-19(18)20/h2-10,15,21,23,29H,11-14,16-17H2,1H3. The van der Waals surface area contributed by atoms with Gasteiger partial charge in [0.2, 0.25) is 5.91 Å². The van der Waals surface area contributed by atoms with Gasteiger partial charge in [0.15, 0.2) is 0 Å². The largest absolute Gasteiger partial charge is 0.484 e. The van der Waals surface area contributed by atoms with Crippen LogP contribution in [0.25, 0.3) is 10.8 Å². The third-order valence-corrected chi connectivity index (χ3v) is 7.01. The van der Waals surface area contributed by atoms with Crippen LogP contribution in [0.5, 0.6) is 5.75 Å². The van der Waals surface area contributed by atoms with E-state index in [1.54, 1.807) is 28.2 Å². The zero-order chi connectivity index (χ0) is 24.1. The Kier molecular flexibility index (Phi) is 7.75. The molecule has 0 radical (unpaired) electrons. The smallest absolute Gasteiger partial charge is 0.405 e. The minimum atomic E-state index is -4.32. The molecule has 182 valence electrons. The summed E-state index contributed by atoms with van der Waals surface area (Å²) >= 11 is 1.60. The zero-order valence-electron chi connectivity index (χ0n) is 18.9. The number of thiophene rings is 1. The summed E-state index contributed by atoms with van der Waals surface area (Å²) in [6.45, 7) is 0.805. The molecule has 1 N–H and O–H groups in total. The van der Waals surface area contributed by atoms with Gasteiger partial charge in [-0.3, -0.25) is 9.69 Å². The van der Waals surface area contributed by atoms with Gasteiger partial charge in [-0.1, -0.05) is 42.5 Å². The zero-order valence-corrected chi connectivity index (χ0v) is 19.7. The van der Waals surface area contributed by atoms with Gasteiger partial charge in [-0.2, -0.15) is 13.2 Å². The Morgan fingerprint density at radius 2 is 2.00 bits per heavy atom. The molecule has 34 heavy (non-hydrogen) atoms. The number of carbonyl (C=O) groups is 1. The van der Waals surface area contributed by atoms with E-state index < -0.39 is 12.2 Å². The number of hydrogen-bond acceptors (Lipinski definition) is 5. The number of likely N-dealkylation sites (N-methyl/N-ethyl adjacent to an activating group) is 1. The molecule has 0 aliphatic carbocycles. The molecule has 3 aromatic rings. The highest BCUT2D eigenvalue weighted by Crippen LogP contribution is 2.33. The highest BCUT2D eigenvalue weighted by molar-refractivity contribution is 7.10. The van der Waals surface area contributed by atoms with E-state index in [4.69, 9.17) is 4.74 Å². The van der Waals surface area contributed by atoms with E-state index >= 15 is 0 Å². The number of piperazine rings is 1. The number of carbonyl (C=O) groups excluding carboxylic acids is 1. The Morgan fingerprint density at radius 3 is 2.76 bits per heavy atom. The molecule has 2 unspecified atom stereocenters. The second-order valence-electron chi connectivity index (χ2n) is 8.49. The van der Waals surface area contributed by atoms with Crippen molar-refractivity contribution in [3.63, 3.8) is 0 Å². The first-order valence-electron chi connectivity index (χ1n) is 11.3. The summed E-state index contributed by atoms with van der Waals surface area (Å²) in [5, 5.41) is 6.58. The molecule has 2 heterocycles. The molecule has 1 aliphatic heterocycles. The summed E-state index contributed by atoms with van der Waals surface area (Å²) in [4.78, 5) is 17.0. The molecular formula is C25H28F3N3O2S. The van der Waals surface area contributed by atoms with Crippen LogP contribution in [-0.2, 0) is 4.79 Å². The normalized spacial score (nSPS) is 18.1. The predicted molar refractivity (Wildman–Crippen MR) is 128 cm³/mol. The number of halogens is 3. The number of hydrogen-bond donors (Lipinski definition) is 1. The van der Waals surface area contributed by atoms with E-state index in [1.807, 2.05) is 60.0 Å². The van der Waals surface area contributed by atoms with E-state index in [0.29, 0.717) is 19.5 Å². The van der Waals surface area contributed by atoms with Crippen LogP contribution in [0.3, 0.4) is 0 Å². The number of ether oxygens (including phenoxy) is 1. The maximum absolute atomic E-state index is 13.0. The Labute approximate surface area is 201 Å². The number of nitrogens with zero attached hydrogens (tertiary/aromatic N) is 2. The number of alkyl halides is 3. The lowest BCUT2D eigenvalue weighted by Gasteiger charge is -2.35. The molecule has 1 aliphatic rings. The molecule has 1 aromatic heterocycles. The summed E-state index contributed by atoms with van der Waals surface area (Å²) < 4.78 is 45.5. The van der Waals surface area contributed by atoms with Crippen LogP contribution in [0.4, 0.5) is 13.2 Å². The van der Waals surface area contributed by atoms with Crippen LogP contribution in [0, 0.1) is 0 Å². The van der Waals surface area contributed by atoms with E-state index in [0.717, 1.165) is 21.4 Å². The third-order valence-electron chi connectivity index (χ3n) is 6.05. The fourth-order valence-corrected chi connectivity index (χ4v) is 4.90. The van der Waals surface area contributed by atoms with Crippen molar-refractivity contribution >= 4 is 28.0 Å². The minimum Gasteiger partial charge on any atom is -0.484 e. The van der Waals surface area contributed by atoms with E-state index in [1.165, 1.54) is 0 Å². The van der Waals surface area contributed by atoms with Crippen molar-refractivity contribution < 1.29 is 22.7 Å². The van der Waals surface area contributed by atoms with Gasteiger partial charge in [-0.05, 0) is 22.9 Å². The molecule has 1 saturated heterocycles. The Bertz CT molecular complexity index is 1090. The van der Waals surface area contributed by atoms with Crippen molar-refractivity contribution in [2.24, 2.45) is 0 Å². The van der Waals surface area contributed by atoms with Crippen molar-refractivity contribution in [3.8, 4) is 5.75 Å². The van der Waals surface area contributed by atoms with Gasteiger partial charge < -0.3 is 15.0 Å². The molecule has 1 amide bonds. The number of benzene rings is 2. The van der Waals surface area contributed by atoms with Gasteiger partial charge >= 0.3 is 6.18 Å². The van der Waals surface area contributed by atoms with Gasteiger partial charge in [0.1, 0.15) is 17.9 Å². The summed E-state index contributed by atoms with van der Waals surface area (Å²) in [6.07, 6.45) is -3.99. The Hall–Kier alpha value is -2.62. The van der Waals surface area contributed by atoms with Crippen molar-refractivity contribution in [2.45, 2.75) is 24.7 Å². The number of fused-ring (bicyclic) bond motifs is 1. The second-order valence-corrected chi connectivity index (χ2v) is 9.47. The molecule has 5 nitrogen and oxygen atoms in total. The highest BCUT2D eigenvalue weighted by atomic mass is 32.1. The molecule has 2 aromatic carbocycles. The second kappa shape index (κ2) is 10.8. The molecular weight excluding hydrogens is 463 g/mol.